The monoisotopic (exact) mass is 625 g/mol. The molecule has 2 aromatic carbocycles. The number of carbonyl (C=O) groups is 1. The van der Waals surface area contributed by atoms with Crippen LogP contribution >= 0.6 is 0 Å². The number of aryl methyl sites for hydroxylation is 1. The number of hydrogen-bond donors (Lipinski definition) is 4. The molecule has 1 amide bonds. The second kappa shape index (κ2) is 12.4. The summed E-state index contributed by atoms with van der Waals surface area (Å²) in [5, 5.41) is 23.1. The van der Waals surface area contributed by atoms with Crippen LogP contribution in [0.15, 0.2) is 60.0 Å². The van der Waals surface area contributed by atoms with Crippen molar-refractivity contribution in [1.29, 1.82) is 0 Å². The van der Waals surface area contributed by atoms with Gasteiger partial charge in [0.1, 0.15) is 11.7 Å². The number of ether oxygens (including phenoxy) is 1. The standard InChI is InChI=1S/C30H33F6N5O3/c1-17-5-3-4-6-23(17)26-13-27(40-8-7-22(15-40)39-18(2)42)44-28-24(14-37-16-38-28)25(41(26)43)11-19-9-20(29(31,32)33)12-21(10-19)30(34,35)36/h3-6,9-10,12-13,22,25,27,37-38,41H,7-8,11,14-16H2,1-2H3,(H,39,42)/b26-13-. The number of alkyl halides is 6. The first-order valence-corrected chi connectivity index (χ1v) is 14.2. The van der Waals surface area contributed by atoms with E-state index < -0.39 is 47.2 Å². The van der Waals surface area contributed by atoms with Crippen molar-refractivity contribution in [2.45, 2.75) is 57.4 Å². The van der Waals surface area contributed by atoms with Crippen molar-refractivity contribution in [3.05, 3.63) is 93.0 Å². The lowest BCUT2D eigenvalue weighted by Crippen LogP contribution is -3.09. The van der Waals surface area contributed by atoms with Crippen LogP contribution in [0.2, 0.25) is 0 Å². The van der Waals surface area contributed by atoms with E-state index in [0.29, 0.717) is 42.8 Å². The zero-order valence-electron chi connectivity index (χ0n) is 24.0. The Morgan fingerprint density at radius 2 is 1.80 bits per heavy atom. The zero-order chi connectivity index (χ0) is 31.8. The number of carbonyl (C=O) groups excluding carboxylic acids is 1. The molecule has 14 heteroatoms. The molecular formula is C30H33F6N5O3. The first-order valence-electron chi connectivity index (χ1n) is 14.2. The van der Waals surface area contributed by atoms with E-state index in [1.807, 2.05) is 17.9 Å². The lowest BCUT2D eigenvalue weighted by Gasteiger charge is -2.41. The number of rotatable bonds is 5. The van der Waals surface area contributed by atoms with E-state index in [4.69, 9.17) is 4.74 Å². The van der Waals surface area contributed by atoms with Gasteiger partial charge in [-0.1, -0.05) is 18.2 Å². The molecular weight excluding hydrogens is 592 g/mol. The molecule has 0 bridgehead atoms. The molecule has 1 fully saturated rings. The fourth-order valence-corrected chi connectivity index (χ4v) is 5.95. The molecule has 3 heterocycles. The number of quaternary nitrogens is 1. The predicted molar refractivity (Wildman–Crippen MR) is 149 cm³/mol. The summed E-state index contributed by atoms with van der Waals surface area (Å²) in [6.07, 6.45) is -8.89. The zero-order valence-corrected chi connectivity index (χ0v) is 24.0. The van der Waals surface area contributed by atoms with Crippen LogP contribution in [0.3, 0.4) is 0 Å². The van der Waals surface area contributed by atoms with Gasteiger partial charge in [0, 0.05) is 50.7 Å². The minimum atomic E-state index is -5.02. The minimum Gasteiger partial charge on any atom is -0.628 e. The van der Waals surface area contributed by atoms with Gasteiger partial charge in [-0.15, -0.1) is 0 Å². The average molecular weight is 626 g/mol. The molecule has 44 heavy (non-hydrogen) atoms. The Kier molecular flexibility index (Phi) is 8.99. The van der Waals surface area contributed by atoms with E-state index >= 15 is 0 Å². The van der Waals surface area contributed by atoms with E-state index in [-0.39, 0.29) is 48.4 Å². The van der Waals surface area contributed by atoms with Gasteiger partial charge in [-0.25, -0.2) is 0 Å². The van der Waals surface area contributed by atoms with Gasteiger partial charge in [0.2, 0.25) is 5.91 Å². The van der Waals surface area contributed by atoms with E-state index in [0.717, 1.165) is 5.56 Å². The van der Waals surface area contributed by atoms with Crippen molar-refractivity contribution in [2.75, 3.05) is 26.3 Å². The van der Waals surface area contributed by atoms with Crippen molar-refractivity contribution in [3.8, 4) is 0 Å². The molecule has 0 aromatic heterocycles. The van der Waals surface area contributed by atoms with Crippen molar-refractivity contribution >= 4 is 11.6 Å². The van der Waals surface area contributed by atoms with Gasteiger partial charge < -0.3 is 25.6 Å². The van der Waals surface area contributed by atoms with Gasteiger partial charge in [0.25, 0.3) is 0 Å². The lowest BCUT2D eigenvalue weighted by atomic mass is 9.93. The van der Waals surface area contributed by atoms with E-state index in [1.165, 1.54) is 6.92 Å². The largest absolute Gasteiger partial charge is 0.628 e. The van der Waals surface area contributed by atoms with Crippen LogP contribution in [0.25, 0.3) is 5.70 Å². The SMILES string of the molecule is CC(=O)NC1CCN(C2/C=C(/c3ccccc3C)[NH+]([O-])C(Cc3cc(C(F)(F)F)cc(C(F)(F)F)c3)C3=C(NCNC3)O2)C1. The number of amides is 1. The second-order valence-electron chi connectivity index (χ2n) is 11.3. The molecule has 2 aromatic rings. The van der Waals surface area contributed by atoms with Gasteiger partial charge in [-0.2, -0.15) is 26.3 Å². The first-order chi connectivity index (χ1) is 20.7. The van der Waals surface area contributed by atoms with Crippen LogP contribution in [-0.2, 0) is 28.3 Å². The highest BCUT2D eigenvalue weighted by Gasteiger charge is 2.40. The number of likely N-dealkylation sites (tertiary alicyclic amines) is 1. The molecule has 4 N–H and O–H groups in total. The summed E-state index contributed by atoms with van der Waals surface area (Å²) in [4.78, 5) is 13.6. The maximum atomic E-state index is 14.5. The summed E-state index contributed by atoms with van der Waals surface area (Å²) in [7, 11) is 0. The average Bonchev–Trinajstić information content (AvgIpc) is 3.40. The van der Waals surface area contributed by atoms with Crippen LogP contribution in [0, 0.1) is 12.1 Å². The highest BCUT2D eigenvalue weighted by atomic mass is 19.4. The molecule has 0 saturated carbocycles. The van der Waals surface area contributed by atoms with Crippen LogP contribution < -0.4 is 21.0 Å². The Labute approximate surface area is 250 Å². The van der Waals surface area contributed by atoms with Gasteiger partial charge in [0.15, 0.2) is 12.1 Å². The molecule has 5 rings (SSSR count). The molecule has 8 nitrogen and oxygen atoms in total. The fourth-order valence-electron chi connectivity index (χ4n) is 5.95. The van der Waals surface area contributed by atoms with Crippen molar-refractivity contribution in [2.24, 2.45) is 0 Å². The van der Waals surface area contributed by atoms with Crippen LogP contribution in [0.1, 0.15) is 41.2 Å². The quantitative estimate of drug-likeness (QED) is 0.301. The summed E-state index contributed by atoms with van der Waals surface area (Å²) in [5.74, 6) is 0.0797. The summed E-state index contributed by atoms with van der Waals surface area (Å²) in [5.41, 5.74) is -1.17. The number of halogens is 6. The molecule has 4 unspecified atom stereocenters. The van der Waals surface area contributed by atoms with Crippen molar-refractivity contribution < 1.29 is 40.9 Å². The Morgan fingerprint density at radius 3 is 2.43 bits per heavy atom. The maximum Gasteiger partial charge on any atom is 0.416 e. The Balaban J connectivity index is 1.60. The fraction of sp³-hybridized carbons (Fsp3) is 0.433. The molecule has 3 aliphatic rings. The molecule has 0 aliphatic carbocycles. The highest BCUT2D eigenvalue weighted by Crippen LogP contribution is 2.37. The Morgan fingerprint density at radius 1 is 1.11 bits per heavy atom. The van der Waals surface area contributed by atoms with Crippen LogP contribution in [-0.4, -0.2) is 55.4 Å². The first kappa shape index (κ1) is 31.8. The second-order valence-corrected chi connectivity index (χ2v) is 11.3. The van der Waals surface area contributed by atoms with E-state index in [9.17, 15) is 36.3 Å². The summed E-state index contributed by atoms with van der Waals surface area (Å²) in [6, 6.07) is 7.26. The smallest absolute Gasteiger partial charge is 0.416 e. The number of hydrogen-bond acceptors (Lipinski definition) is 6. The number of hydroxylamine groups is 2. The molecule has 0 radical (unpaired) electrons. The normalized spacial score (nSPS) is 26.1. The third-order valence-electron chi connectivity index (χ3n) is 8.04. The molecule has 3 aliphatic heterocycles. The molecule has 238 valence electrons. The van der Waals surface area contributed by atoms with Gasteiger partial charge in [0.05, 0.1) is 23.4 Å². The summed E-state index contributed by atoms with van der Waals surface area (Å²) in [6.45, 7) is 4.65. The third-order valence-corrected chi connectivity index (χ3v) is 8.04. The highest BCUT2D eigenvalue weighted by molar-refractivity contribution is 5.73. The minimum absolute atomic E-state index is 0.0779. The number of nitrogens with one attached hydrogen (secondary N) is 4. The van der Waals surface area contributed by atoms with E-state index in [1.54, 1.807) is 24.3 Å². The summed E-state index contributed by atoms with van der Waals surface area (Å²) >= 11 is 0. The topological polar surface area (TPSA) is 93.1 Å². The molecule has 0 spiro atoms. The van der Waals surface area contributed by atoms with E-state index in [2.05, 4.69) is 16.0 Å². The predicted octanol–water partition coefficient (Wildman–Crippen LogP) is 3.30. The summed E-state index contributed by atoms with van der Waals surface area (Å²) < 4.78 is 88.5. The van der Waals surface area contributed by atoms with Crippen molar-refractivity contribution in [1.82, 2.24) is 20.9 Å². The molecule has 1 saturated heterocycles. The van der Waals surface area contributed by atoms with Crippen LogP contribution in [0.4, 0.5) is 26.3 Å². The van der Waals surface area contributed by atoms with Gasteiger partial charge in [-0.3, -0.25) is 15.0 Å². The number of benzene rings is 2. The lowest BCUT2D eigenvalue weighted by molar-refractivity contribution is -0.793. The number of nitrogens with zero attached hydrogens (tertiary/aromatic N) is 1. The van der Waals surface area contributed by atoms with Gasteiger partial charge >= 0.3 is 12.4 Å². The third kappa shape index (κ3) is 7.04. The molecule has 4 atom stereocenters. The van der Waals surface area contributed by atoms with Gasteiger partial charge in [-0.05, 0) is 48.7 Å². The van der Waals surface area contributed by atoms with Crippen LogP contribution in [0.5, 0.6) is 0 Å². The Bertz CT molecular complexity index is 1430. The van der Waals surface area contributed by atoms with Crippen molar-refractivity contribution in [3.63, 3.8) is 0 Å². The Hall–Kier alpha value is -3.59. The maximum absolute atomic E-state index is 14.5.